The van der Waals surface area contributed by atoms with E-state index >= 15 is 0 Å². The van der Waals surface area contributed by atoms with Crippen LogP contribution in [0.4, 0.5) is 13.2 Å². The number of hydrogen-bond acceptors (Lipinski definition) is 3. The number of rotatable bonds is 6. The highest BCUT2D eigenvalue weighted by molar-refractivity contribution is 5.39. The molecule has 6 heteroatoms. The fourth-order valence-electron chi connectivity index (χ4n) is 4.10. The van der Waals surface area contributed by atoms with Crippen molar-refractivity contribution in [3.05, 3.63) is 101 Å². The van der Waals surface area contributed by atoms with Gasteiger partial charge in [0.15, 0.2) is 0 Å². The first kappa shape index (κ1) is 21.4. The number of aliphatic hydroxyl groups is 1. The number of alkyl halides is 3. The van der Waals surface area contributed by atoms with Gasteiger partial charge in [0.05, 0.1) is 11.6 Å². The van der Waals surface area contributed by atoms with Crippen LogP contribution in [0.1, 0.15) is 28.3 Å². The number of ether oxygens (including phenoxy) is 1. The van der Waals surface area contributed by atoms with E-state index in [2.05, 4.69) is 29.2 Å². The summed E-state index contributed by atoms with van der Waals surface area (Å²) in [5.74, 6) is 0.302. The Kier molecular flexibility index (Phi) is 6.30. The number of fused-ring (bicyclic) bond motifs is 1. The van der Waals surface area contributed by atoms with Gasteiger partial charge >= 0.3 is 6.18 Å². The Bertz CT molecular complexity index is 990. The van der Waals surface area contributed by atoms with Crippen molar-refractivity contribution >= 4 is 0 Å². The summed E-state index contributed by atoms with van der Waals surface area (Å²) in [6.45, 7) is 1.20. The quantitative estimate of drug-likeness (QED) is 0.595. The van der Waals surface area contributed by atoms with Gasteiger partial charge in [-0.05, 0) is 47.4 Å². The van der Waals surface area contributed by atoms with Crippen LogP contribution in [0.25, 0.3) is 0 Å². The molecule has 0 saturated carbocycles. The molecule has 0 spiro atoms. The van der Waals surface area contributed by atoms with Gasteiger partial charge in [0.1, 0.15) is 18.5 Å². The molecule has 162 valence electrons. The first-order valence-electron chi connectivity index (χ1n) is 10.3. The molecule has 0 aromatic heterocycles. The van der Waals surface area contributed by atoms with Crippen LogP contribution in [0.2, 0.25) is 0 Å². The van der Waals surface area contributed by atoms with Crippen LogP contribution in [0.5, 0.6) is 5.75 Å². The second-order valence-electron chi connectivity index (χ2n) is 7.74. The lowest BCUT2D eigenvalue weighted by molar-refractivity contribution is -0.137. The van der Waals surface area contributed by atoms with Crippen molar-refractivity contribution < 1.29 is 23.0 Å². The molecule has 1 aliphatic rings. The molecule has 0 unspecified atom stereocenters. The number of halogens is 3. The predicted molar refractivity (Wildman–Crippen MR) is 113 cm³/mol. The molecule has 4 rings (SSSR count). The van der Waals surface area contributed by atoms with E-state index in [1.807, 2.05) is 30.3 Å². The van der Waals surface area contributed by atoms with E-state index in [1.165, 1.54) is 23.3 Å². The highest BCUT2D eigenvalue weighted by Crippen LogP contribution is 2.35. The second kappa shape index (κ2) is 9.12. The summed E-state index contributed by atoms with van der Waals surface area (Å²) in [6, 6.07) is 23.1. The van der Waals surface area contributed by atoms with Gasteiger partial charge in [-0.25, -0.2) is 0 Å². The third-order valence-corrected chi connectivity index (χ3v) is 5.57. The molecule has 1 N–H and O–H groups in total. The topological polar surface area (TPSA) is 32.7 Å². The van der Waals surface area contributed by atoms with Crippen LogP contribution < -0.4 is 4.74 Å². The molecule has 0 amide bonds. The average Bonchev–Trinajstić information content (AvgIpc) is 2.78. The second-order valence-corrected chi connectivity index (χ2v) is 7.74. The standard InChI is InChI=1S/C25H24F3NO2/c26-25(27,28)20-10-12-22(13-11-20)31-17-21(30)16-29-15-14-18-6-4-5-9-23(18)24(29)19-7-2-1-3-8-19/h1-13,21,24,30H,14-17H2/t21-,24+/m1/s1. The van der Waals surface area contributed by atoms with Crippen molar-refractivity contribution in [3.8, 4) is 5.75 Å². The van der Waals surface area contributed by atoms with Gasteiger partial charge < -0.3 is 9.84 Å². The molecule has 3 aromatic rings. The van der Waals surface area contributed by atoms with Gasteiger partial charge in [-0.2, -0.15) is 13.2 Å². The smallest absolute Gasteiger partial charge is 0.416 e. The largest absolute Gasteiger partial charge is 0.491 e. The summed E-state index contributed by atoms with van der Waals surface area (Å²) in [4.78, 5) is 2.23. The van der Waals surface area contributed by atoms with E-state index in [1.54, 1.807) is 0 Å². The van der Waals surface area contributed by atoms with Crippen molar-refractivity contribution in [1.82, 2.24) is 4.90 Å². The fourth-order valence-corrected chi connectivity index (χ4v) is 4.10. The third-order valence-electron chi connectivity index (χ3n) is 5.57. The highest BCUT2D eigenvalue weighted by atomic mass is 19.4. The lowest BCUT2D eigenvalue weighted by atomic mass is 9.88. The monoisotopic (exact) mass is 427 g/mol. The molecule has 0 radical (unpaired) electrons. The Morgan fingerprint density at radius 2 is 1.61 bits per heavy atom. The van der Waals surface area contributed by atoms with E-state index in [0.29, 0.717) is 12.3 Å². The number of nitrogens with zero attached hydrogens (tertiary/aromatic N) is 1. The maximum Gasteiger partial charge on any atom is 0.416 e. The molecular formula is C25H24F3NO2. The SMILES string of the molecule is O[C@@H](COc1ccc(C(F)(F)F)cc1)CN1CCc2ccccc2[C@@H]1c1ccccc1. The van der Waals surface area contributed by atoms with E-state index in [0.717, 1.165) is 30.7 Å². The number of β-amino-alcohol motifs (C(OH)–C–C–N with tert-alkyl or cyclic N) is 1. The first-order chi connectivity index (χ1) is 14.9. The molecule has 3 aromatic carbocycles. The Hall–Kier alpha value is -2.83. The number of benzene rings is 3. The van der Waals surface area contributed by atoms with Crippen LogP contribution in [0.3, 0.4) is 0 Å². The molecule has 3 nitrogen and oxygen atoms in total. The van der Waals surface area contributed by atoms with Gasteiger partial charge in [0.2, 0.25) is 0 Å². The summed E-state index contributed by atoms with van der Waals surface area (Å²) in [7, 11) is 0. The average molecular weight is 427 g/mol. The predicted octanol–water partition coefficient (Wildman–Crippen LogP) is 5.09. The molecule has 2 atom stereocenters. The molecule has 0 bridgehead atoms. The summed E-state index contributed by atoms with van der Waals surface area (Å²) in [6.07, 6.45) is -4.26. The van der Waals surface area contributed by atoms with E-state index in [-0.39, 0.29) is 12.6 Å². The maximum atomic E-state index is 12.7. The third kappa shape index (κ3) is 5.09. The number of aliphatic hydroxyl groups excluding tert-OH is 1. The minimum absolute atomic E-state index is 0.00498. The summed E-state index contributed by atoms with van der Waals surface area (Å²) in [5, 5.41) is 10.6. The Morgan fingerprint density at radius 1 is 0.935 bits per heavy atom. The molecule has 31 heavy (non-hydrogen) atoms. The Labute approximate surface area is 179 Å². The van der Waals surface area contributed by atoms with Crippen LogP contribution in [0.15, 0.2) is 78.9 Å². The van der Waals surface area contributed by atoms with Gasteiger partial charge in [-0.15, -0.1) is 0 Å². The molecule has 0 fully saturated rings. The molecule has 0 aliphatic carbocycles. The van der Waals surface area contributed by atoms with E-state index in [9.17, 15) is 18.3 Å². The lowest BCUT2D eigenvalue weighted by Crippen LogP contribution is -2.42. The van der Waals surface area contributed by atoms with Crippen LogP contribution in [-0.4, -0.2) is 35.8 Å². The van der Waals surface area contributed by atoms with Gasteiger partial charge in [0.25, 0.3) is 0 Å². The molecular weight excluding hydrogens is 403 g/mol. The van der Waals surface area contributed by atoms with Crippen molar-refractivity contribution in [3.63, 3.8) is 0 Å². The van der Waals surface area contributed by atoms with Crippen LogP contribution >= 0.6 is 0 Å². The highest BCUT2D eigenvalue weighted by Gasteiger charge is 2.31. The van der Waals surface area contributed by atoms with Crippen molar-refractivity contribution in [2.75, 3.05) is 19.7 Å². The zero-order chi connectivity index (χ0) is 21.8. The van der Waals surface area contributed by atoms with E-state index in [4.69, 9.17) is 4.74 Å². The minimum Gasteiger partial charge on any atom is -0.491 e. The Morgan fingerprint density at radius 3 is 2.32 bits per heavy atom. The van der Waals surface area contributed by atoms with Gasteiger partial charge in [0, 0.05) is 13.1 Å². The van der Waals surface area contributed by atoms with E-state index < -0.39 is 17.8 Å². The normalized spacial score (nSPS) is 17.7. The summed E-state index contributed by atoms with van der Waals surface area (Å²) in [5.41, 5.74) is 2.97. The van der Waals surface area contributed by atoms with Crippen molar-refractivity contribution in [2.45, 2.75) is 24.7 Å². The van der Waals surface area contributed by atoms with Crippen LogP contribution in [-0.2, 0) is 12.6 Å². The zero-order valence-electron chi connectivity index (χ0n) is 16.9. The van der Waals surface area contributed by atoms with Gasteiger partial charge in [-0.3, -0.25) is 4.90 Å². The molecule has 1 aliphatic heterocycles. The first-order valence-corrected chi connectivity index (χ1v) is 10.3. The minimum atomic E-state index is -4.38. The van der Waals surface area contributed by atoms with Crippen molar-refractivity contribution in [2.24, 2.45) is 0 Å². The molecule has 0 saturated heterocycles. The summed E-state index contributed by atoms with van der Waals surface area (Å²) >= 11 is 0. The van der Waals surface area contributed by atoms with Crippen LogP contribution in [0, 0.1) is 0 Å². The number of hydrogen-bond donors (Lipinski definition) is 1. The van der Waals surface area contributed by atoms with Crippen molar-refractivity contribution in [1.29, 1.82) is 0 Å². The summed E-state index contributed by atoms with van der Waals surface area (Å²) < 4.78 is 43.6. The zero-order valence-corrected chi connectivity index (χ0v) is 16.9. The van der Waals surface area contributed by atoms with Gasteiger partial charge in [-0.1, -0.05) is 54.6 Å². The molecule has 1 heterocycles. The fraction of sp³-hybridized carbons (Fsp3) is 0.280. The maximum absolute atomic E-state index is 12.7. The lowest BCUT2D eigenvalue weighted by Gasteiger charge is -2.38. The Balaban J connectivity index is 1.44.